The first-order chi connectivity index (χ1) is 15.0. The maximum atomic E-state index is 6.23. The minimum Gasteiger partial charge on any atom is -0.365 e. The first-order valence-electron chi connectivity index (χ1n) is 11.6. The summed E-state index contributed by atoms with van der Waals surface area (Å²) in [6.07, 6.45) is 10.2. The number of ether oxygens (including phenoxy) is 3. The summed E-state index contributed by atoms with van der Waals surface area (Å²) >= 11 is 6.17. The number of nitrogens with zero attached hydrogens (tertiary/aromatic N) is 4. The molecule has 0 aromatic carbocycles. The van der Waals surface area contributed by atoms with E-state index in [1.54, 1.807) is 12.7 Å². The highest BCUT2D eigenvalue weighted by molar-refractivity contribution is 6.18. The standard InChI is InChI=1S/C22H30ClN5O3/c1-22(2)30-17-14(9-23)29-21(18(17)31-22)28-11-26-16-19(24-10-25-20(16)28)27-15(12-5-3-6-12)13-7-4-8-13/h10-15,17-18,21H,3-9H2,1-2H3,(H,24,25,27)/t14-,17-,18-,21-/m1/s1. The predicted molar refractivity (Wildman–Crippen MR) is 116 cm³/mol. The average molecular weight is 448 g/mol. The Hall–Kier alpha value is -1.48. The van der Waals surface area contributed by atoms with E-state index >= 15 is 0 Å². The maximum absolute atomic E-state index is 6.23. The van der Waals surface area contributed by atoms with Gasteiger partial charge in [0, 0.05) is 6.04 Å². The molecular weight excluding hydrogens is 418 g/mol. The number of halogens is 1. The van der Waals surface area contributed by atoms with Crippen LogP contribution in [0.25, 0.3) is 11.2 Å². The molecule has 0 amide bonds. The van der Waals surface area contributed by atoms with Gasteiger partial charge in [0.1, 0.15) is 24.6 Å². The molecule has 0 bridgehead atoms. The lowest BCUT2D eigenvalue weighted by atomic mass is 9.68. The second-order valence-corrected chi connectivity index (χ2v) is 10.2. The Morgan fingerprint density at radius 1 is 1.10 bits per heavy atom. The van der Waals surface area contributed by atoms with Gasteiger partial charge in [-0.05, 0) is 51.4 Å². The average Bonchev–Trinajstić information content (AvgIpc) is 3.29. The molecule has 4 heterocycles. The molecule has 4 fully saturated rings. The van der Waals surface area contributed by atoms with Crippen molar-refractivity contribution in [1.29, 1.82) is 0 Å². The molecule has 31 heavy (non-hydrogen) atoms. The zero-order valence-corrected chi connectivity index (χ0v) is 18.8. The van der Waals surface area contributed by atoms with E-state index in [9.17, 15) is 0 Å². The van der Waals surface area contributed by atoms with Crippen LogP contribution in [0, 0.1) is 11.8 Å². The highest BCUT2D eigenvalue weighted by Crippen LogP contribution is 2.45. The van der Waals surface area contributed by atoms with E-state index in [4.69, 9.17) is 30.8 Å². The minimum absolute atomic E-state index is 0.212. The number of anilines is 1. The quantitative estimate of drug-likeness (QED) is 0.673. The van der Waals surface area contributed by atoms with Crippen molar-refractivity contribution in [3.63, 3.8) is 0 Å². The summed E-state index contributed by atoms with van der Waals surface area (Å²) in [5.74, 6) is 1.98. The lowest BCUT2D eigenvalue weighted by Crippen LogP contribution is -2.42. The molecule has 0 spiro atoms. The molecule has 0 unspecified atom stereocenters. The fraction of sp³-hybridized carbons (Fsp3) is 0.773. The summed E-state index contributed by atoms with van der Waals surface area (Å²) in [4.78, 5) is 13.8. The summed E-state index contributed by atoms with van der Waals surface area (Å²) in [6.45, 7) is 3.84. The van der Waals surface area contributed by atoms with Gasteiger partial charge in [-0.15, -0.1) is 11.6 Å². The molecule has 168 valence electrons. The van der Waals surface area contributed by atoms with Crippen LogP contribution in [0.5, 0.6) is 0 Å². The molecule has 2 aliphatic carbocycles. The van der Waals surface area contributed by atoms with Crippen LogP contribution in [-0.2, 0) is 14.2 Å². The lowest BCUT2D eigenvalue weighted by molar-refractivity contribution is -0.193. The van der Waals surface area contributed by atoms with Gasteiger partial charge in [-0.3, -0.25) is 4.57 Å². The van der Waals surface area contributed by atoms with Gasteiger partial charge in [-0.25, -0.2) is 15.0 Å². The normalized spacial score (nSPS) is 32.9. The predicted octanol–water partition coefficient (Wildman–Crippen LogP) is 3.86. The van der Waals surface area contributed by atoms with Crippen LogP contribution in [0.2, 0.25) is 0 Å². The van der Waals surface area contributed by atoms with Gasteiger partial charge in [0.05, 0.1) is 12.2 Å². The number of aromatic nitrogens is 4. The summed E-state index contributed by atoms with van der Waals surface area (Å²) in [5.41, 5.74) is 1.52. The molecule has 2 aromatic heterocycles. The number of fused-ring (bicyclic) bond motifs is 2. The summed E-state index contributed by atoms with van der Waals surface area (Å²) < 4.78 is 20.4. The van der Waals surface area contributed by atoms with Crippen LogP contribution in [0.15, 0.2) is 12.7 Å². The van der Waals surface area contributed by atoms with E-state index in [1.807, 2.05) is 18.4 Å². The van der Waals surface area contributed by atoms with Gasteiger partial charge >= 0.3 is 0 Å². The van der Waals surface area contributed by atoms with E-state index < -0.39 is 12.0 Å². The first-order valence-corrected chi connectivity index (χ1v) is 12.1. The highest BCUT2D eigenvalue weighted by atomic mass is 35.5. The van der Waals surface area contributed by atoms with Gasteiger partial charge in [-0.1, -0.05) is 12.8 Å². The lowest BCUT2D eigenvalue weighted by Gasteiger charge is -2.43. The third-order valence-corrected chi connectivity index (χ3v) is 7.83. The van der Waals surface area contributed by atoms with E-state index in [2.05, 4.69) is 15.3 Å². The van der Waals surface area contributed by atoms with Crippen molar-refractivity contribution in [2.75, 3.05) is 11.2 Å². The van der Waals surface area contributed by atoms with Crippen molar-refractivity contribution >= 4 is 28.6 Å². The van der Waals surface area contributed by atoms with Gasteiger partial charge < -0.3 is 19.5 Å². The number of nitrogens with one attached hydrogen (secondary N) is 1. The molecule has 1 N–H and O–H groups in total. The zero-order chi connectivity index (χ0) is 21.2. The van der Waals surface area contributed by atoms with Crippen molar-refractivity contribution in [1.82, 2.24) is 19.5 Å². The zero-order valence-electron chi connectivity index (χ0n) is 18.0. The van der Waals surface area contributed by atoms with Gasteiger partial charge in [-0.2, -0.15) is 0 Å². The molecule has 2 aliphatic heterocycles. The van der Waals surface area contributed by atoms with E-state index in [0.29, 0.717) is 11.9 Å². The molecule has 2 saturated carbocycles. The fourth-order valence-corrected chi connectivity index (χ4v) is 5.78. The van der Waals surface area contributed by atoms with E-state index in [0.717, 1.165) is 28.8 Å². The largest absolute Gasteiger partial charge is 0.365 e. The smallest absolute Gasteiger partial charge is 0.167 e. The molecule has 2 aromatic rings. The number of imidazole rings is 1. The fourth-order valence-electron chi connectivity index (χ4n) is 5.53. The Balaban J connectivity index is 1.31. The Kier molecular flexibility index (Phi) is 4.90. The Morgan fingerprint density at radius 2 is 1.81 bits per heavy atom. The third kappa shape index (κ3) is 3.34. The first kappa shape index (κ1) is 20.1. The van der Waals surface area contributed by atoms with Gasteiger partial charge in [0.15, 0.2) is 29.0 Å². The Labute approximate surface area is 187 Å². The topological polar surface area (TPSA) is 83.3 Å². The Bertz CT molecular complexity index is 946. The third-order valence-electron chi connectivity index (χ3n) is 7.53. The number of alkyl halides is 1. The summed E-state index contributed by atoms with van der Waals surface area (Å²) in [6, 6.07) is 0.478. The monoisotopic (exact) mass is 447 g/mol. The highest BCUT2D eigenvalue weighted by Gasteiger charge is 2.55. The molecule has 9 heteroatoms. The molecule has 6 rings (SSSR count). The van der Waals surface area contributed by atoms with Crippen molar-refractivity contribution in [2.45, 2.75) is 88.7 Å². The van der Waals surface area contributed by atoms with Crippen molar-refractivity contribution < 1.29 is 14.2 Å². The SMILES string of the molecule is CC1(C)O[C@@H]2[C@H](O1)[C@@H](CCl)O[C@H]2n1cnc2c(NC(C3CCC3)C3CCC3)ncnc21. The summed E-state index contributed by atoms with van der Waals surface area (Å²) in [7, 11) is 0. The molecule has 0 radical (unpaired) electrons. The molecule has 8 nitrogen and oxygen atoms in total. The van der Waals surface area contributed by atoms with Crippen LogP contribution in [0.4, 0.5) is 5.82 Å². The minimum atomic E-state index is -0.668. The molecule has 2 saturated heterocycles. The van der Waals surface area contributed by atoms with Crippen LogP contribution in [0.1, 0.15) is 58.6 Å². The van der Waals surface area contributed by atoms with Gasteiger partial charge in [0.2, 0.25) is 0 Å². The van der Waals surface area contributed by atoms with Crippen molar-refractivity contribution in [3.8, 4) is 0 Å². The second kappa shape index (κ2) is 7.54. The summed E-state index contributed by atoms with van der Waals surface area (Å²) in [5, 5.41) is 3.76. The van der Waals surface area contributed by atoms with Crippen LogP contribution < -0.4 is 5.32 Å². The second-order valence-electron chi connectivity index (χ2n) is 9.88. The maximum Gasteiger partial charge on any atom is 0.167 e. The van der Waals surface area contributed by atoms with Crippen LogP contribution >= 0.6 is 11.6 Å². The molecule has 4 atom stereocenters. The van der Waals surface area contributed by atoms with Crippen molar-refractivity contribution in [3.05, 3.63) is 12.7 Å². The van der Waals surface area contributed by atoms with E-state index in [1.165, 1.54) is 38.5 Å². The van der Waals surface area contributed by atoms with Gasteiger partial charge in [0.25, 0.3) is 0 Å². The molecule has 4 aliphatic rings. The number of rotatable bonds is 6. The Morgan fingerprint density at radius 3 is 2.45 bits per heavy atom. The van der Waals surface area contributed by atoms with Crippen LogP contribution in [-0.4, -0.2) is 55.5 Å². The van der Waals surface area contributed by atoms with E-state index in [-0.39, 0.29) is 18.3 Å². The van der Waals surface area contributed by atoms with Crippen LogP contribution in [0.3, 0.4) is 0 Å². The number of hydrogen-bond donors (Lipinski definition) is 1. The molecular formula is C22H30ClN5O3. The van der Waals surface area contributed by atoms with Crippen molar-refractivity contribution in [2.24, 2.45) is 11.8 Å². The number of hydrogen-bond acceptors (Lipinski definition) is 7.